The molecule has 2 fully saturated rings. The third kappa shape index (κ3) is 6.41. The molecule has 2 heterocycles. The fourth-order valence-electron chi connectivity index (χ4n) is 4.26. The van der Waals surface area contributed by atoms with Crippen LogP contribution in [0.2, 0.25) is 0 Å². The van der Waals surface area contributed by atoms with Crippen molar-refractivity contribution in [3.63, 3.8) is 0 Å². The lowest BCUT2D eigenvalue weighted by Gasteiger charge is -2.41. The van der Waals surface area contributed by atoms with E-state index >= 15 is 0 Å². The number of amides is 2. The zero-order valence-corrected chi connectivity index (χ0v) is 17.4. The zero-order valence-electron chi connectivity index (χ0n) is 17.4. The van der Waals surface area contributed by atoms with Crippen LogP contribution in [0.4, 0.5) is 0 Å². The highest BCUT2D eigenvalue weighted by molar-refractivity contribution is 5.91. The Balaban J connectivity index is 1.44. The summed E-state index contributed by atoms with van der Waals surface area (Å²) in [4.78, 5) is 29.3. The molecule has 2 aliphatic rings. The van der Waals surface area contributed by atoms with Crippen molar-refractivity contribution in [2.75, 3.05) is 46.4 Å². The number of hydrogen-bond acceptors (Lipinski definition) is 4. The molecule has 1 unspecified atom stereocenters. The molecule has 1 N–H and O–H groups in total. The minimum absolute atomic E-state index is 0.0640. The number of piperidine rings is 2. The second kappa shape index (κ2) is 11.1. The molecule has 0 spiro atoms. The molecule has 2 amide bonds. The predicted molar refractivity (Wildman–Crippen MR) is 114 cm³/mol. The monoisotopic (exact) mass is 399 g/mol. The highest BCUT2D eigenvalue weighted by Crippen LogP contribution is 2.24. The number of carbonyl (C=O) groups excluding carboxylic acids is 2. The van der Waals surface area contributed by atoms with Crippen LogP contribution in [-0.4, -0.2) is 74.1 Å². The maximum Gasteiger partial charge on any atom is 0.246 e. The van der Waals surface area contributed by atoms with Crippen LogP contribution in [0.3, 0.4) is 0 Å². The van der Waals surface area contributed by atoms with E-state index in [0.29, 0.717) is 19.2 Å². The molecule has 1 atom stereocenters. The van der Waals surface area contributed by atoms with Gasteiger partial charge >= 0.3 is 0 Å². The Bertz CT molecular complexity index is 684. The van der Waals surface area contributed by atoms with E-state index in [4.69, 9.17) is 4.74 Å². The first-order valence-corrected chi connectivity index (χ1v) is 10.7. The summed E-state index contributed by atoms with van der Waals surface area (Å²) in [5.74, 6) is 0.292. The van der Waals surface area contributed by atoms with Crippen LogP contribution in [0, 0.1) is 5.92 Å². The number of nitrogens with zero attached hydrogens (tertiary/aromatic N) is 2. The summed E-state index contributed by atoms with van der Waals surface area (Å²) in [7, 11) is 1.64. The molecule has 3 rings (SSSR count). The van der Waals surface area contributed by atoms with Crippen LogP contribution in [0.15, 0.2) is 36.4 Å². The van der Waals surface area contributed by atoms with Crippen molar-refractivity contribution in [3.05, 3.63) is 42.0 Å². The van der Waals surface area contributed by atoms with E-state index in [0.717, 1.165) is 57.4 Å². The molecule has 6 nitrogen and oxygen atoms in total. The number of likely N-dealkylation sites (tertiary alicyclic amines) is 2. The Labute approximate surface area is 173 Å². The lowest BCUT2D eigenvalue weighted by Crippen LogP contribution is -2.51. The van der Waals surface area contributed by atoms with Gasteiger partial charge in [0.15, 0.2) is 0 Å². The molecule has 29 heavy (non-hydrogen) atoms. The quantitative estimate of drug-likeness (QED) is 0.564. The number of nitrogens with one attached hydrogen (secondary N) is 1. The number of carbonyl (C=O) groups is 2. The average molecular weight is 400 g/mol. The van der Waals surface area contributed by atoms with Gasteiger partial charge in [0.25, 0.3) is 0 Å². The maximum absolute atomic E-state index is 12.5. The second-order valence-electron chi connectivity index (χ2n) is 7.92. The summed E-state index contributed by atoms with van der Waals surface area (Å²) >= 11 is 0. The Morgan fingerprint density at radius 3 is 2.62 bits per heavy atom. The molecule has 1 aromatic carbocycles. The number of rotatable bonds is 7. The van der Waals surface area contributed by atoms with E-state index in [2.05, 4.69) is 10.2 Å². The van der Waals surface area contributed by atoms with Crippen LogP contribution in [0.25, 0.3) is 6.08 Å². The minimum Gasteiger partial charge on any atom is -0.383 e. The maximum atomic E-state index is 12.5. The van der Waals surface area contributed by atoms with Gasteiger partial charge in [0, 0.05) is 45.4 Å². The Kier molecular flexibility index (Phi) is 8.25. The first-order chi connectivity index (χ1) is 14.2. The van der Waals surface area contributed by atoms with Crippen LogP contribution in [-0.2, 0) is 14.3 Å². The predicted octanol–water partition coefficient (Wildman–Crippen LogP) is 2.17. The largest absolute Gasteiger partial charge is 0.383 e. The van der Waals surface area contributed by atoms with Gasteiger partial charge in [0.1, 0.15) is 0 Å². The van der Waals surface area contributed by atoms with Crippen LogP contribution in [0.5, 0.6) is 0 Å². The van der Waals surface area contributed by atoms with E-state index in [9.17, 15) is 9.59 Å². The number of benzene rings is 1. The minimum atomic E-state index is 0.0640. The van der Waals surface area contributed by atoms with E-state index in [1.54, 1.807) is 13.2 Å². The van der Waals surface area contributed by atoms with Gasteiger partial charge in [0.05, 0.1) is 12.5 Å². The van der Waals surface area contributed by atoms with Crippen molar-refractivity contribution in [2.24, 2.45) is 5.92 Å². The summed E-state index contributed by atoms with van der Waals surface area (Å²) in [6.45, 7) is 4.56. The van der Waals surface area contributed by atoms with Gasteiger partial charge in [-0.25, -0.2) is 0 Å². The molecule has 0 aliphatic carbocycles. The summed E-state index contributed by atoms with van der Waals surface area (Å²) in [6, 6.07) is 10.4. The summed E-state index contributed by atoms with van der Waals surface area (Å²) in [5.41, 5.74) is 1.04. The molecule has 0 bridgehead atoms. The van der Waals surface area contributed by atoms with Crippen molar-refractivity contribution < 1.29 is 14.3 Å². The molecule has 158 valence electrons. The second-order valence-corrected chi connectivity index (χ2v) is 7.92. The standard InChI is InChI=1S/C23H33N3O3/c1-29-17-13-24-23(28)20-8-5-14-26(18-20)21-11-15-25(16-12-21)22(27)10-9-19-6-3-2-4-7-19/h2-4,6-7,9-10,20-21H,5,8,11-18H2,1H3,(H,24,28)/b10-9+. The van der Waals surface area contributed by atoms with Gasteiger partial charge in [-0.3, -0.25) is 14.5 Å². The lowest BCUT2D eigenvalue weighted by atomic mass is 9.93. The first kappa shape index (κ1) is 21.5. The number of hydrogen-bond donors (Lipinski definition) is 1. The molecule has 0 aromatic heterocycles. The summed E-state index contributed by atoms with van der Waals surface area (Å²) in [6.07, 6.45) is 7.52. The van der Waals surface area contributed by atoms with Gasteiger partial charge in [0.2, 0.25) is 11.8 Å². The van der Waals surface area contributed by atoms with Crippen LogP contribution >= 0.6 is 0 Å². The van der Waals surface area contributed by atoms with Crippen molar-refractivity contribution >= 4 is 17.9 Å². The fraction of sp³-hybridized carbons (Fsp3) is 0.565. The SMILES string of the molecule is COCCNC(=O)C1CCCN(C2CCN(C(=O)/C=C/c3ccccc3)CC2)C1. The van der Waals surface area contributed by atoms with Gasteiger partial charge in [-0.2, -0.15) is 0 Å². The Morgan fingerprint density at radius 1 is 1.14 bits per heavy atom. The topological polar surface area (TPSA) is 61.9 Å². The lowest BCUT2D eigenvalue weighted by molar-refractivity contribution is -0.128. The first-order valence-electron chi connectivity index (χ1n) is 10.7. The number of methoxy groups -OCH3 is 1. The Morgan fingerprint density at radius 2 is 1.90 bits per heavy atom. The van der Waals surface area contributed by atoms with E-state index in [1.807, 2.05) is 41.3 Å². The third-order valence-corrected chi connectivity index (χ3v) is 5.94. The number of ether oxygens (including phenoxy) is 1. The molecular weight excluding hydrogens is 366 g/mol. The molecule has 0 saturated carbocycles. The summed E-state index contributed by atoms with van der Waals surface area (Å²) < 4.78 is 5.01. The van der Waals surface area contributed by atoms with E-state index < -0.39 is 0 Å². The smallest absolute Gasteiger partial charge is 0.246 e. The van der Waals surface area contributed by atoms with Crippen molar-refractivity contribution in [1.29, 1.82) is 0 Å². The highest BCUT2D eigenvalue weighted by Gasteiger charge is 2.32. The molecule has 1 aromatic rings. The average Bonchev–Trinajstić information content (AvgIpc) is 2.78. The molecule has 2 aliphatic heterocycles. The van der Waals surface area contributed by atoms with Crippen molar-refractivity contribution in [2.45, 2.75) is 31.7 Å². The normalized spacial score (nSPS) is 21.4. The van der Waals surface area contributed by atoms with Gasteiger partial charge in [-0.15, -0.1) is 0 Å². The van der Waals surface area contributed by atoms with Crippen LogP contribution < -0.4 is 5.32 Å². The van der Waals surface area contributed by atoms with E-state index in [1.165, 1.54) is 0 Å². The van der Waals surface area contributed by atoms with Gasteiger partial charge < -0.3 is 15.0 Å². The van der Waals surface area contributed by atoms with Gasteiger partial charge in [-0.1, -0.05) is 30.3 Å². The van der Waals surface area contributed by atoms with Crippen molar-refractivity contribution in [1.82, 2.24) is 15.1 Å². The van der Waals surface area contributed by atoms with E-state index in [-0.39, 0.29) is 17.7 Å². The highest BCUT2D eigenvalue weighted by atomic mass is 16.5. The molecule has 2 saturated heterocycles. The molecular formula is C23H33N3O3. The Hall–Kier alpha value is -2.18. The zero-order chi connectivity index (χ0) is 20.5. The van der Waals surface area contributed by atoms with Crippen molar-refractivity contribution in [3.8, 4) is 0 Å². The van der Waals surface area contributed by atoms with Gasteiger partial charge in [-0.05, 0) is 43.9 Å². The van der Waals surface area contributed by atoms with Crippen LogP contribution in [0.1, 0.15) is 31.2 Å². The summed E-state index contributed by atoms with van der Waals surface area (Å²) in [5, 5.41) is 2.98. The fourth-order valence-corrected chi connectivity index (χ4v) is 4.26. The third-order valence-electron chi connectivity index (χ3n) is 5.94. The molecule has 0 radical (unpaired) electrons. The molecule has 6 heteroatoms.